The lowest BCUT2D eigenvalue weighted by atomic mass is 10.3. The molecule has 0 aliphatic heterocycles. The summed E-state index contributed by atoms with van der Waals surface area (Å²) in [4.78, 5) is 15.8. The van der Waals surface area contributed by atoms with Crippen LogP contribution in [0, 0.1) is 0 Å². The molecule has 18 heavy (non-hydrogen) atoms. The summed E-state index contributed by atoms with van der Waals surface area (Å²) in [5, 5.41) is 5.86. The van der Waals surface area contributed by atoms with Crippen molar-refractivity contribution in [3.63, 3.8) is 0 Å². The second-order valence-electron chi connectivity index (χ2n) is 3.79. The van der Waals surface area contributed by atoms with E-state index < -0.39 is 0 Å². The number of amides is 1. The molecule has 0 radical (unpaired) electrons. The van der Waals surface area contributed by atoms with E-state index in [9.17, 15) is 4.79 Å². The Morgan fingerprint density at radius 1 is 1.39 bits per heavy atom. The number of rotatable bonds is 5. The Bertz CT molecular complexity index is 491. The predicted octanol–water partition coefficient (Wildman–Crippen LogP) is 2.75. The van der Waals surface area contributed by atoms with Crippen molar-refractivity contribution in [2.24, 2.45) is 0 Å². The molecule has 0 unspecified atom stereocenters. The first-order valence-electron chi connectivity index (χ1n) is 5.84. The molecule has 2 rings (SSSR count). The Labute approximate surface area is 105 Å². The molecule has 2 aromatic rings. The van der Waals surface area contributed by atoms with Crippen LogP contribution >= 0.6 is 0 Å². The third-order valence-electron chi connectivity index (χ3n) is 2.33. The van der Waals surface area contributed by atoms with E-state index in [0.717, 1.165) is 18.7 Å². The van der Waals surface area contributed by atoms with Crippen molar-refractivity contribution in [2.75, 3.05) is 17.2 Å². The van der Waals surface area contributed by atoms with Crippen LogP contribution in [0.3, 0.4) is 0 Å². The molecule has 94 valence electrons. The van der Waals surface area contributed by atoms with Gasteiger partial charge in [0.25, 0.3) is 5.91 Å². The van der Waals surface area contributed by atoms with Gasteiger partial charge in [-0.3, -0.25) is 4.79 Å². The fourth-order valence-electron chi connectivity index (χ4n) is 1.43. The van der Waals surface area contributed by atoms with Gasteiger partial charge in [-0.2, -0.15) is 0 Å². The molecule has 0 saturated carbocycles. The van der Waals surface area contributed by atoms with Gasteiger partial charge in [-0.15, -0.1) is 0 Å². The lowest BCUT2D eigenvalue weighted by Gasteiger charge is -2.06. The molecule has 0 aliphatic rings. The molecule has 0 saturated heterocycles. The minimum absolute atomic E-state index is 0.269. The Balaban J connectivity index is 1.96. The van der Waals surface area contributed by atoms with Gasteiger partial charge < -0.3 is 15.1 Å². The van der Waals surface area contributed by atoms with Crippen molar-refractivity contribution in [2.45, 2.75) is 13.3 Å². The van der Waals surface area contributed by atoms with Crippen LogP contribution in [0.2, 0.25) is 0 Å². The molecule has 0 aromatic carbocycles. The minimum atomic E-state index is -0.304. The van der Waals surface area contributed by atoms with E-state index >= 15 is 0 Å². The largest absolute Gasteiger partial charge is 0.459 e. The number of hydrogen-bond acceptors (Lipinski definition) is 4. The van der Waals surface area contributed by atoms with Gasteiger partial charge in [-0.1, -0.05) is 6.92 Å². The van der Waals surface area contributed by atoms with Gasteiger partial charge in [0.05, 0.1) is 18.1 Å². The third kappa shape index (κ3) is 3.10. The quantitative estimate of drug-likeness (QED) is 0.850. The number of carbonyl (C=O) groups is 1. The highest BCUT2D eigenvalue weighted by Gasteiger charge is 2.08. The number of anilines is 2. The number of aromatic nitrogens is 1. The SMILES string of the molecule is CCCNc1ccc(NC(=O)c2ccco2)nc1. The second-order valence-corrected chi connectivity index (χ2v) is 3.79. The maximum absolute atomic E-state index is 11.7. The van der Waals surface area contributed by atoms with Gasteiger partial charge in [-0.05, 0) is 30.7 Å². The van der Waals surface area contributed by atoms with Gasteiger partial charge >= 0.3 is 0 Å². The van der Waals surface area contributed by atoms with Gasteiger partial charge in [0.1, 0.15) is 5.82 Å². The number of nitrogens with one attached hydrogen (secondary N) is 2. The molecule has 0 aliphatic carbocycles. The number of hydrogen-bond donors (Lipinski definition) is 2. The highest BCUT2D eigenvalue weighted by Crippen LogP contribution is 2.11. The lowest BCUT2D eigenvalue weighted by Crippen LogP contribution is -2.12. The zero-order valence-corrected chi connectivity index (χ0v) is 10.1. The zero-order valence-electron chi connectivity index (χ0n) is 10.1. The van der Waals surface area contributed by atoms with Crippen molar-refractivity contribution >= 4 is 17.4 Å². The Morgan fingerprint density at radius 3 is 2.89 bits per heavy atom. The molecule has 1 amide bonds. The van der Waals surface area contributed by atoms with Crippen molar-refractivity contribution in [3.8, 4) is 0 Å². The number of carbonyl (C=O) groups excluding carboxylic acids is 1. The number of nitrogens with zero attached hydrogens (tertiary/aromatic N) is 1. The van der Waals surface area contributed by atoms with Crippen LogP contribution < -0.4 is 10.6 Å². The third-order valence-corrected chi connectivity index (χ3v) is 2.33. The minimum Gasteiger partial charge on any atom is -0.459 e. The van der Waals surface area contributed by atoms with E-state index in [4.69, 9.17) is 4.42 Å². The summed E-state index contributed by atoms with van der Waals surface area (Å²) < 4.78 is 4.99. The number of furan rings is 1. The molecule has 0 fully saturated rings. The first-order chi connectivity index (χ1) is 8.79. The highest BCUT2D eigenvalue weighted by molar-refractivity contribution is 6.01. The highest BCUT2D eigenvalue weighted by atomic mass is 16.3. The fraction of sp³-hybridized carbons (Fsp3) is 0.231. The van der Waals surface area contributed by atoms with E-state index in [2.05, 4.69) is 22.5 Å². The van der Waals surface area contributed by atoms with Gasteiger partial charge in [0.15, 0.2) is 5.76 Å². The topological polar surface area (TPSA) is 67.2 Å². The van der Waals surface area contributed by atoms with Crippen LogP contribution in [0.4, 0.5) is 11.5 Å². The first-order valence-corrected chi connectivity index (χ1v) is 5.84. The van der Waals surface area contributed by atoms with E-state index in [-0.39, 0.29) is 11.7 Å². The molecule has 2 N–H and O–H groups in total. The monoisotopic (exact) mass is 245 g/mol. The van der Waals surface area contributed by atoms with Crippen molar-refractivity contribution < 1.29 is 9.21 Å². The standard InChI is InChI=1S/C13H15N3O2/c1-2-7-14-10-5-6-12(15-9-10)16-13(17)11-4-3-8-18-11/h3-6,8-9,14H,2,7H2,1H3,(H,15,16,17). The Morgan fingerprint density at radius 2 is 2.28 bits per heavy atom. The molecular weight excluding hydrogens is 230 g/mol. The smallest absolute Gasteiger partial charge is 0.292 e. The van der Waals surface area contributed by atoms with E-state index in [1.54, 1.807) is 24.4 Å². The van der Waals surface area contributed by atoms with Gasteiger partial charge in [-0.25, -0.2) is 4.98 Å². The first kappa shape index (κ1) is 12.2. The molecular formula is C13H15N3O2. The van der Waals surface area contributed by atoms with Gasteiger partial charge in [0, 0.05) is 6.54 Å². The van der Waals surface area contributed by atoms with Crippen LogP contribution in [-0.2, 0) is 0 Å². The van der Waals surface area contributed by atoms with Crippen molar-refractivity contribution in [1.82, 2.24) is 4.98 Å². The van der Waals surface area contributed by atoms with Crippen LogP contribution in [0.25, 0.3) is 0 Å². The lowest BCUT2D eigenvalue weighted by molar-refractivity contribution is 0.0996. The van der Waals surface area contributed by atoms with E-state index in [1.165, 1.54) is 6.26 Å². The van der Waals surface area contributed by atoms with Gasteiger partial charge in [0.2, 0.25) is 0 Å². The molecule has 5 heteroatoms. The summed E-state index contributed by atoms with van der Waals surface area (Å²) in [7, 11) is 0. The number of pyridine rings is 1. The van der Waals surface area contributed by atoms with Crippen LogP contribution in [-0.4, -0.2) is 17.4 Å². The summed E-state index contributed by atoms with van der Waals surface area (Å²) in [6.45, 7) is 3.00. The molecule has 5 nitrogen and oxygen atoms in total. The average Bonchev–Trinajstić information content (AvgIpc) is 2.92. The summed E-state index contributed by atoms with van der Waals surface area (Å²) >= 11 is 0. The summed E-state index contributed by atoms with van der Waals surface area (Å²) in [5.74, 6) is 0.463. The Kier molecular flexibility index (Phi) is 3.96. The van der Waals surface area contributed by atoms with Crippen LogP contribution in [0.5, 0.6) is 0 Å². The van der Waals surface area contributed by atoms with Crippen LogP contribution in [0.1, 0.15) is 23.9 Å². The maximum Gasteiger partial charge on any atom is 0.292 e. The summed E-state index contributed by atoms with van der Waals surface area (Å²) in [6, 6.07) is 6.89. The van der Waals surface area contributed by atoms with E-state index in [0.29, 0.717) is 5.82 Å². The Hall–Kier alpha value is -2.30. The molecule has 0 spiro atoms. The van der Waals surface area contributed by atoms with Crippen molar-refractivity contribution in [1.29, 1.82) is 0 Å². The molecule has 2 aromatic heterocycles. The normalized spacial score (nSPS) is 10.1. The fourth-order valence-corrected chi connectivity index (χ4v) is 1.43. The average molecular weight is 245 g/mol. The molecule has 0 bridgehead atoms. The predicted molar refractivity (Wildman–Crippen MR) is 69.7 cm³/mol. The van der Waals surface area contributed by atoms with Crippen LogP contribution in [0.15, 0.2) is 41.1 Å². The molecule has 2 heterocycles. The second kappa shape index (κ2) is 5.86. The molecule has 0 atom stereocenters. The van der Waals surface area contributed by atoms with Crippen molar-refractivity contribution in [3.05, 3.63) is 42.5 Å². The summed E-state index contributed by atoms with van der Waals surface area (Å²) in [5.41, 5.74) is 0.938. The van der Waals surface area contributed by atoms with E-state index in [1.807, 2.05) is 6.07 Å². The zero-order chi connectivity index (χ0) is 12.8. The maximum atomic E-state index is 11.7. The summed E-state index contributed by atoms with van der Waals surface area (Å²) in [6.07, 6.45) is 4.20.